The van der Waals surface area contributed by atoms with Crippen LogP contribution in [0, 0.1) is 12.8 Å². The fourth-order valence-corrected chi connectivity index (χ4v) is 3.61. The van der Waals surface area contributed by atoms with Gasteiger partial charge in [-0.3, -0.25) is 4.79 Å². The Hall–Kier alpha value is -1.03. The highest BCUT2D eigenvalue weighted by Gasteiger charge is 2.46. The smallest absolute Gasteiger partial charge is 0.311 e. The number of esters is 1. The number of carbonyl (C=O) groups excluding carboxylic acids is 1. The van der Waals surface area contributed by atoms with Gasteiger partial charge in [-0.25, -0.2) is 0 Å². The molecule has 1 aliphatic heterocycles. The van der Waals surface area contributed by atoms with Crippen LogP contribution in [-0.2, 0) is 9.53 Å². The van der Waals surface area contributed by atoms with Crippen LogP contribution in [0.3, 0.4) is 0 Å². The highest BCUT2D eigenvalue weighted by molar-refractivity contribution is 9.10. The maximum Gasteiger partial charge on any atom is 0.311 e. The summed E-state index contributed by atoms with van der Waals surface area (Å²) in [6.07, 6.45) is 0.833. The fourth-order valence-electron chi connectivity index (χ4n) is 2.90. The number of hydrogen-bond donors (Lipinski definition) is 0. The second-order valence-corrected chi connectivity index (χ2v) is 6.48. The van der Waals surface area contributed by atoms with Gasteiger partial charge in [0.05, 0.1) is 18.7 Å². The molecule has 1 aromatic carbocycles. The van der Waals surface area contributed by atoms with Crippen LogP contribution >= 0.6 is 15.9 Å². The van der Waals surface area contributed by atoms with Gasteiger partial charge in [0.25, 0.3) is 0 Å². The predicted molar refractivity (Wildman–Crippen MR) is 80.4 cm³/mol. The minimum atomic E-state index is -0.231. The van der Waals surface area contributed by atoms with Crippen molar-refractivity contribution in [2.75, 3.05) is 18.6 Å². The molecule has 3 nitrogen and oxygen atoms in total. The maximum absolute atomic E-state index is 11.9. The molecule has 104 valence electrons. The first-order valence-corrected chi connectivity index (χ1v) is 7.29. The summed E-state index contributed by atoms with van der Waals surface area (Å²) >= 11 is 3.62. The van der Waals surface area contributed by atoms with Crippen LogP contribution in [0.1, 0.15) is 25.8 Å². The molecule has 0 N–H and O–H groups in total. The lowest BCUT2D eigenvalue weighted by Gasteiger charge is -2.37. The minimum absolute atomic E-state index is 0.0781. The Balaban J connectivity index is 2.34. The van der Waals surface area contributed by atoms with E-state index in [9.17, 15) is 4.79 Å². The van der Waals surface area contributed by atoms with E-state index in [1.807, 2.05) is 0 Å². The van der Waals surface area contributed by atoms with E-state index >= 15 is 0 Å². The Morgan fingerprint density at radius 1 is 1.47 bits per heavy atom. The number of nitrogens with zero attached hydrogens (tertiary/aromatic N) is 1. The molecule has 1 fully saturated rings. The average molecular weight is 326 g/mol. The van der Waals surface area contributed by atoms with Crippen molar-refractivity contribution in [3.05, 3.63) is 28.2 Å². The van der Waals surface area contributed by atoms with Crippen molar-refractivity contribution in [1.82, 2.24) is 0 Å². The molecular weight excluding hydrogens is 306 g/mol. The van der Waals surface area contributed by atoms with Gasteiger partial charge >= 0.3 is 5.97 Å². The normalized spacial score (nSPS) is 21.5. The van der Waals surface area contributed by atoms with E-state index in [2.05, 4.69) is 59.8 Å². The second kappa shape index (κ2) is 5.16. The van der Waals surface area contributed by atoms with Crippen LogP contribution in [0.15, 0.2) is 22.7 Å². The standard InChI is InChI=1S/C15H20BrNO2/c1-10-5-6-13(12(16)9-10)17-8-7-11(14(18)19-4)15(17,2)3/h5-6,9,11H,7-8H2,1-4H3. The number of hydrogen-bond acceptors (Lipinski definition) is 3. The molecule has 4 heteroatoms. The second-order valence-electron chi connectivity index (χ2n) is 5.62. The van der Waals surface area contributed by atoms with Crippen molar-refractivity contribution in [3.8, 4) is 0 Å². The third-order valence-electron chi connectivity index (χ3n) is 4.07. The molecule has 19 heavy (non-hydrogen) atoms. The largest absolute Gasteiger partial charge is 0.469 e. The first-order chi connectivity index (χ1) is 8.87. The van der Waals surface area contributed by atoms with E-state index in [0.717, 1.165) is 23.1 Å². The van der Waals surface area contributed by atoms with Crippen LogP contribution < -0.4 is 4.90 Å². The van der Waals surface area contributed by atoms with Gasteiger partial charge in [0, 0.05) is 16.6 Å². The molecular formula is C15H20BrNO2. The van der Waals surface area contributed by atoms with Crippen molar-refractivity contribution >= 4 is 27.6 Å². The Kier molecular flexibility index (Phi) is 3.90. The van der Waals surface area contributed by atoms with Crippen molar-refractivity contribution in [1.29, 1.82) is 0 Å². The lowest BCUT2D eigenvalue weighted by atomic mass is 9.88. The molecule has 1 aromatic rings. The molecule has 1 unspecified atom stereocenters. The minimum Gasteiger partial charge on any atom is -0.469 e. The van der Waals surface area contributed by atoms with Crippen LogP contribution in [0.5, 0.6) is 0 Å². The number of ether oxygens (including phenoxy) is 1. The molecule has 1 heterocycles. The Labute approximate surface area is 123 Å². The van der Waals surface area contributed by atoms with Gasteiger partial charge in [0.2, 0.25) is 0 Å². The van der Waals surface area contributed by atoms with Gasteiger partial charge in [0.1, 0.15) is 0 Å². The third kappa shape index (κ3) is 2.50. The molecule has 0 aliphatic carbocycles. The summed E-state index contributed by atoms with van der Waals surface area (Å²) in [4.78, 5) is 14.2. The van der Waals surface area contributed by atoms with E-state index < -0.39 is 0 Å². The molecule has 1 saturated heterocycles. The van der Waals surface area contributed by atoms with E-state index in [1.165, 1.54) is 12.7 Å². The number of rotatable bonds is 2. The zero-order valence-electron chi connectivity index (χ0n) is 11.9. The summed E-state index contributed by atoms with van der Waals surface area (Å²) in [5.74, 6) is -0.193. The summed E-state index contributed by atoms with van der Waals surface area (Å²) in [5.41, 5.74) is 2.13. The maximum atomic E-state index is 11.9. The van der Waals surface area contributed by atoms with E-state index in [1.54, 1.807) is 0 Å². The average Bonchev–Trinajstić information content (AvgIpc) is 2.64. The lowest BCUT2D eigenvalue weighted by molar-refractivity contribution is -0.146. The molecule has 0 saturated carbocycles. The number of halogens is 1. The van der Waals surface area contributed by atoms with Crippen molar-refractivity contribution in [2.24, 2.45) is 5.92 Å². The third-order valence-corrected chi connectivity index (χ3v) is 4.70. The zero-order chi connectivity index (χ0) is 14.2. The predicted octanol–water partition coefficient (Wildman–Crippen LogP) is 3.54. The fraction of sp³-hybridized carbons (Fsp3) is 0.533. The summed E-state index contributed by atoms with van der Waals surface area (Å²) in [6, 6.07) is 6.32. The van der Waals surface area contributed by atoms with Gasteiger partial charge < -0.3 is 9.64 Å². The van der Waals surface area contributed by atoms with Crippen LogP contribution in [0.4, 0.5) is 5.69 Å². The number of anilines is 1. The molecule has 1 aliphatic rings. The van der Waals surface area contributed by atoms with Crippen LogP contribution in [0.25, 0.3) is 0 Å². The summed E-state index contributed by atoms with van der Waals surface area (Å²) in [5, 5.41) is 0. The monoisotopic (exact) mass is 325 g/mol. The highest BCUT2D eigenvalue weighted by Crippen LogP contribution is 2.41. The first kappa shape index (κ1) is 14.4. The van der Waals surface area contributed by atoms with Crippen LogP contribution in [-0.4, -0.2) is 25.2 Å². The molecule has 0 radical (unpaired) electrons. The van der Waals surface area contributed by atoms with Crippen LogP contribution in [0.2, 0.25) is 0 Å². The van der Waals surface area contributed by atoms with Crippen molar-refractivity contribution in [2.45, 2.75) is 32.7 Å². The summed E-state index contributed by atoms with van der Waals surface area (Å²) < 4.78 is 6.00. The Morgan fingerprint density at radius 2 is 2.16 bits per heavy atom. The lowest BCUT2D eigenvalue weighted by Crippen LogP contribution is -2.45. The number of carbonyl (C=O) groups is 1. The molecule has 0 spiro atoms. The van der Waals surface area contributed by atoms with Gasteiger partial charge in [-0.05, 0) is 60.8 Å². The Morgan fingerprint density at radius 3 is 2.74 bits per heavy atom. The van der Waals surface area contributed by atoms with Gasteiger partial charge in [-0.1, -0.05) is 6.07 Å². The molecule has 0 amide bonds. The van der Waals surface area contributed by atoms with Gasteiger partial charge in [-0.15, -0.1) is 0 Å². The quantitative estimate of drug-likeness (QED) is 0.779. The summed E-state index contributed by atoms with van der Waals surface area (Å²) in [6.45, 7) is 7.15. The first-order valence-electron chi connectivity index (χ1n) is 6.49. The molecule has 0 aromatic heterocycles. The van der Waals surface area contributed by atoms with Crippen molar-refractivity contribution < 1.29 is 9.53 Å². The molecule has 2 rings (SSSR count). The van der Waals surface area contributed by atoms with E-state index in [-0.39, 0.29) is 17.4 Å². The number of methoxy groups -OCH3 is 1. The van der Waals surface area contributed by atoms with Crippen molar-refractivity contribution in [3.63, 3.8) is 0 Å². The molecule has 1 atom stereocenters. The molecule has 0 bridgehead atoms. The number of benzene rings is 1. The zero-order valence-corrected chi connectivity index (χ0v) is 13.5. The number of aryl methyl sites for hydroxylation is 1. The summed E-state index contributed by atoms with van der Waals surface area (Å²) in [7, 11) is 1.46. The van der Waals surface area contributed by atoms with E-state index in [4.69, 9.17) is 4.74 Å². The van der Waals surface area contributed by atoms with Gasteiger partial charge in [0.15, 0.2) is 0 Å². The SMILES string of the molecule is COC(=O)C1CCN(c2ccc(C)cc2Br)C1(C)C. The highest BCUT2D eigenvalue weighted by atomic mass is 79.9. The Bertz CT molecular complexity index is 499. The van der Waals surface area contributed by atoms with E-state index in [0.29, 0.717) is 0 Å². The topological polar surface area (TPSA) is 29.5 Å². The van der Waals surface area contributed by atoms with Gasteiger partial charge in [-0.2, -0.15) is 0 Å².